The number of rotatable bonds is 4. The highest BCUT2D eigenvalue weighted by Gasteiger charge is 2.12. The number of nitrogens with zero attached hydrogens (tertiary/aromatic N) is 1. The van der Waals surface area contributed by atoms with Crippen molar-refractivity contribution in [3.05, 3.63) is 15.5 Å². The van der Waals surface area contributed by atoms with Crippen LogP contribution in [0.2, 0.25) is 4.47 Å². The van der Waals surface area contributed by atoms with Crippen molar-refractivity contribution < 1.29 is 4.74 Å². The SMILES string of the molecule is Clc1ncc(COC[C@@H]2CCCNC2)s1. The fourth-order valence-electron chi connectivity index (χ4n) is 1.74. The number of aromatic nitrogens is 1. The minimum Gasteiger partial charge on any atom is -0.376 e. The number of piperidine rings is 1. The van der Waals surface area contributed by atoms with Gasteiger partial charge in [-0.05, 0) is 25.3 Å². The van der Waals surface area contributed by atoms with Crippen molar-refractivity contribution in [1.29, 1.82) is 0 Å². The summed E-state index contributed by atoms with van der Waals surface area (Å²) in [5.41, 5.74) is 0. The maximum Gasteiger partial charge on any atom is 0.183 e. The average Bonchev–Trinajstić information content (AvgIpc) is 2.66. The molecule has 5 heteroatoms. The van der Waals surface area contributed by atoms with Crippen LogP contribution in [0, 0.1) is 5.92 Å². The van der Waals surface area contributed by atoms with Crippen molar-refractivity contribution in [2.45, 2.75) is 19.4 Å². The molecule has 0 amide bonds. The summed E-state index contributed by atoms with van der Waals surface area (Å²) in [4.78, 5) is 5.07. The van der Waals surface area contributed by atoms with Gasteiger partial charge in [0.05, 0.1) is 18.1 Å². The van der Waals surface area contributed by atoms with E-state index in [4.69, 9.17) is 16.3 Å². The molecule has 84 valence electrons. The Hall–Kier alpha value is -0.160. The van der Waals surface area contributed by atoms with E-state index in [0.29, 0.717) is 17.0 Å². The lowest BCUT2D eigenvalue weighted by molar-refractivity contribution is 0.0798. The number of nitrogens with one attached hydrogen (secondary N) is 1. The number of ether oxygens (including phenoxy) is 1. The smallest absolute Gasteiger partial charge is 0.183 e. The monoisotopic (exact) mass is 246 g/mol. The molecule has 1 aliphatic rings. The van der Waals surface area contributed by atoms with Gasteiger partial charge in [-0.25, -0.2) is 4.98 Å². The van der Waals surface area contributed by atoms with Gasteiger partial charge in [0.15, 0.2) is 4.47 Å². The van der Waals surface area contributed by atoms with Crippen LogP contribution in [0.15, 0.2) is 6.20 Å². The first-order valence-corrected chi connectivity index (χ1v) is 6.42. The predicted molar refractivity (Wildman–Crippen MR) is 62.4 cm³/mol. The van der Waals surface area contributed by atoms with Crippen LogP contribution in [0.25, 0.3) is 0 Å². The number of hydrogen-bond acceptors (Lipinski definition) is 4. The predicted octanol–water partition coefficient (Wildman–Crippen LogP) is 2.31. The van der Waals surface area contributed by atoms with E-state index >= 15 is 0 Å². The van der Waals surface area contributed by atoms with E-state index in [-0.39, 0.29) is 0 Å². The van der Waals surface area contributed by atoms with Crippen molar-refractivity contribution >= 4 is 22.9 Å². The highest BCUT2D eigenvalue weighted by Crippen LogP contribution is 2.19. The first-order chi connectivity index (χ1) is 7.34. The zero-order valence-electron chi connectivity index (χ0n) is 8.54. The summed E-state index contributed by atoms with van der Waals surface area (Å²) >= 11 is 7.22. The van der Waals surface area contributed by atoms with Crippen molar-refractivity contribution in [3.63, 3.8) is 0 Å². The second kappa shape index (κ2) is 5.80. The summed E-state index contributed by atoms with van der Waals surface area (Å²) in [6.45, 7) is 3.72. The van der Waals surface area contributed by atoms with Gasteiger partial charge in [0.2, 0.25) is 0 Å². The molecule has 15 heavy (non-hydrogen) atoms. The normalized spacial score (nSPS) is 21.8. The zero-order valence-corrected chi connectivity index (χ0v) is 10.1. The van der Waals surface area contributed by atoms with E-state index in [9.17, 15) is 0 Å². The Labute approximate surface area is 98.8 Å². The number of hydrogen-bond donors (Lipinski definition) is 1. The lowest BCUT2D eigenvalue weighted by Crippen LogP contribution is -2.32. The third kappa shape index (κ3) is 3.72. The molecule has 3 nitrogen and oxygen atoms in total. The molecule has 1 aliphatic heterocycles. The van der Waals surface area contributed by atoms with Gasteiger partial charge in [0.1, 0.15) is 0 Å². The molecule has 0 aromatic carbocycles. The van der Waals surface area contributed by atoms with E-state index in [1.54, 1.807) is 6.20 Å². The van der Waals surface area contributed by atoms with Crippen LogP contribution in [0.3, 0.4) is 0 Å². The van der Waals surface area contributed by atoms with Crippen molar-refractivity contribution in [1.82, 2.24) is 10.3 Å². The number of thiazole rings is 1. The molecule has 2 heterocycles. The molecule has 2 rings (SSSR count). The third-order valence-corrected chi connectivity index (χ3v) is 3.61. The fraction of sp³-hybridized carbons (Fsp3) is 0.700. The van der Waals surface area contributed by atoms with Crippen LogP contribution < -0.4 is 5.32 Å². The zero-order chi connectivity index (χ0) is 10.5. The largest absolute Gasteiger partial charge is 0.376 e. The minimum absolute atomic E-state index is 0.591. The van der Waals surface area contributed by atoms with E-state index in [0.717, 1.165) is 24.6 Å². The minimum atomic E-state index is 0.591. The molecule has 1 aromatic rings. The summed E-state index contributed by atoms with van der Waals surface area (Å²) < 4.78 is 6.23. The van der Waals surface area contributed by atoms with Gasteiger partial charge in [0.25, 0.3) is 0 Å². The van der Waals surface area contributed by atoms with Gasteiger partial charge in [0, 0.05) is 12.7 Å². The van der Waals surface area contributed by atoms with Crippen LogP contribution in [-0.4, -0.2) is 24.7 Å². The summed E-state index contributed by atoms with van der Waals surface area (Å²) in [6.07, 6.45) is 4.32. The first-order valence-electron chi connectivity index (χ1n) is 5.23. The molecule has 0 radical (unpaired) electrons. The Kier molecular flexibility index (Phi) is 4.38. The lowest BCUT2D eigenvalue weighted by atomic mass is 10.0. The Morgan fingerprint density at radius 3 is 3.27 bits per heavy atom. The second-order valence-electron chi connectivity index (χ2n) is 3.81. The Morgan fingerprint density at radius 2 is 2.60 bits per heavy atom. The molecule has 0 aliphatic carbocycles. The topological polar surface area (TPSA) is 34.1 Å². The van der Waals surface area contributed by atoms with Crippen LogP contribution in [0.5, 0.6) is 0 Å². The van der Waals surface area contributed by atoms with Crippen LogP contribution >= 0.6 is 22.9 Å². The standard InChI is InChI=1S/C10H15ClN2OS/c11-10-13-5-9(15-10)7-14-6-8-2-1-3-12-4-8/h5,8,12H,1-4,6-7H2/t8-/m1/s1. The quantitative estimate of drug-likeness (QED) is 0.886. The van der Waals surface area contributed by atoms with E-state index in [1.165, 1.54) is 24.2 Å². The van der Waals surface area contributed by atoms with E-state index in [1.807, 2.05) is 0 Å². The molecule has 1 fully saturated rings. The van der Waals surface area contributed by atoms with Gasteiger partial charge < -0.3 is 10.1 Å². The molecule has 1 atom stereocenters. The van der Waals surface area contributed by atoms with Gasteiger partial charge in [-0.3, -0.25) is 0 Å². The van der Waals surface area contributed by atoms with Gasteiger partial charge >= 0.3 is 0 Å². The molecule has 0 bridgehead atoms. The Bertz CT molecular complexity index is 299. The fourth-order valence-corrected chi connectivity index (χ4v) is 2.66. The summed E-state index contributed by atoms with van der Waals surface area (Å²) in [6, 6.07) is 0. The third-order valence-electron chi connectivity index (χ3n) is 2.52. The van der Waals surface area contributed by atoms with Crippen LogP contribution in [0.4, 0.5) is 0 Å². The lowest BCUT2D eigenvalue weighted by Gasteiger charge is -2.22. The number of halogens is 1. The van der Waals surface area contributed by atoms with Gasteiger partial charge in [-0.1, -0.05) is 11.6 Å². The van der Waals surface area contributed by atoms with Gasteiger partial charge in [-0.2, -0.15) is 0 Å². The van der Waals surface area contributed by atoms with Gasteiger partial charge in [-0.15, -0.1) is 11.3 Å². The van der Waals surface area contributed by atoms with Crippen molar-refractivity contribution in [3.8, 4) is 0 Å². The highest BCUT2D eigenvalue weighted by molar-refractivity contribution is 7.15. The summed E-state index contributed by atoms with van der Waals surface area (Å²) in [7, 11) is 0. The second-order valence-corrected chi connectivity index (χ2v) is 5.50. The average molecular weight is 247 g/mol. The van der Waals surface area contributed by atoms with Crippen LogP contribution in [0.1, 0.15) is 17.7 Å². The van der Waals surface area contributed by atoms with E-state index < -0.39 is 0 Å². The Balaban J connectivity index is 1.65. The molecular weight excluding hydrogens is 232 g/mol. The van der Waals surface area contributed by atoms with Crippen LogP contribution in [-0.2, 0) is 11.3 Å². The van der Waals surface area contributed by atoms with E-state index in [2.05, 4.69) is 10.3 Å². The maximum atomic E-state index is 5.73. The maximum absolute atomic E-state index is 5.73. The molecule has 0 spiro atoms. The molecular formula is C10H15ClN2OS. The molecule has 0 saturated carbocycles. The molecule has 1 N–H and O–H groups in total. The molecule has 1 aromatic heterocycles. The van der Waals surface area contributed by atoms with Crippen molar-refractivity contribution in [2.75, 3.05) is 19.7 Å². The highest BCUT2D eigenvalue weighted by atomic mass is 35.5. The Morgan fingerprint density at radius 1 is 1.67 bits per heavy atom. The molecule has 1 saturated heterocycles. The molecule has 0 unspecified atom stereocenters. The first kappa shape index (κ1) is 11.3. The van der Waals surface area contributed by atoms with Crippen molar-refractivity contribution in [2.24, 2.45) is 5.92 Å². The summed E-state index contributed by atoms with van der Waals surface area (Å²) in [5, 5.41) is 3.38. The summed E-state index contributed by atoms with van der Waals surface area (Å²) in [5.74, 6) is 0.669.